The van der Waals surface area contributed by atoms with Crippen LogP contribution in [0.2, 0.25) is 0 Å². The van der Waals surface area contributed by atoms with E-state index in [0.29, 0.717) is 23.4 Å². The quantitative estimate of drug-likeness (QED) is 0.672. The summed E-state index contributed by atoms with van der Waals surface area (Å²) in [6.45, 7) is 3.92. The smallest absolute Gasteiger partial charge is 0.393 e. The number of phenolic OH excluding ortho intramolecular Hbond substituents is 1. The van der Waals surface area contributed by atoms with Crippen LogP contribution in [-0.2, 0) is 0 Å². The Balaban J connectivity index is 1.68. The fourth-order valence-electron chi connectivity index (χ4n) is 3.69. The van der Waals surface area contributed by atoms with Crippen LogP contribution in [0.4, 0.5) is 19.0 Å². The number of aromatic hydroxyl groups is 1. The molecule has 1 aliphatic heterocycles. The van der Waals surface area contributed by atoms with E-state index in [2.05, 4.69) is 9.97 Å². The van der Waals surface area contributed by atoms with Gasteiger partial charge in [-0.3, -0.25) is 4.98 Å². The number of benzene rings is 2. The van der Waals surface area contributed by atoms with Crippen molar-refractivity contribution in [2.45, 2.75) is 26.4 Å². The van der Waals surface area contributed by atoms with Crippen molar-refractivity contribution >= 4 is 16.9 Å². The molecular weight excluding hydrogens is 367 g/mol. The summed E-state index contributed by atoms with van der Waals surface area (Å²) >= 11 is 0. The number of halogens is 3. The summed E-state index contributed by atoms with van der Waals surface area (Å²) in [6, 6.07) is 9.46. The van der Waals surface area contributed by atoms with Gasteiger partial charge in [-0.25, -0.2) is 4.98 Å². The van der Waals surface area contributed by atoms with E-state index in [1.54, 1.807) is 4.90 Å². The lowest BCUT2D eigenvalue weighted by Crippen LogP contribution is -2.27. The summed E-state index contributed by atoms with van der Waals surface area (Å²) in [7, 11) is 0. The Bertz CT molecular complexity index is 1030. The maximum absolute atomic E-state index is 13.0. The van der Waals surface area contributed by atoms with Gasteiger partial charge < -0.3 is 10.0 Å². The minimum atomic E-state index is -4.18. The van der Waals surface area contributed by atoms with Gasteiger partial charge in [0.1, 0.15) is 11.6 Å². The standard InChI is InChI=1S/C21H20F3N3O/c1-12-7-15(8-13(2)20(12)28)14-3-4-17-18(9-14)26-19(10-25-17)27-6-5-16(11-27)21(22,23)24/h3-4,7-10,16,28H,5-6,11H2,1-2H3. The molecule has 4 rings (SSSR count). The van der Waals surface area contributed by atoms with E-state index >= 15 is 0 Å². The molecule has 1 saturated heterocycles. The second-order valence-corrected chi connectivity index (χ2v) is 7.36. The Hall–Kier alpha value is -2.83. The molecule has 1 unspecified atom stereocenters. The van der Waals surface area contributed by atoms with Crippen LogP contribution >= 0.6 is 0 Å². The number of hydrogen-bond donors (Lipinski definition) is 1. The molecule has 1 fully saturated rings. The molecule has 1 aromatic heterocycles. The first-order valence-electron chi connectivity index (χ1n) is 9.11. The van der Waals surface area contributed by atoms with Crippen LogP contribution in [0.5, 0.6) is 5.75 Å². The Morgan fingerprint density at radius 2 is 1.75 bits per heavy atom. The molecule has 0 spiro atoms. The van der Waals surface area contributed by atoms with E-state index < -0.39 is 12.1 Å². The van der Waals surface area contributed by atoms with E-state index in [-0.39, 0.29) is 18.7 Å². The first-order valence-corrected chi connectivity index (χ1v) is 9.11. The first kappa shape index (κ1) is 18.5. The van der Waals surface area contributed by atoms with Gasteiger partial charge in [-0.2, -0.15) is 13.2 Å². The molecule has 0 radical (unpaired) electrons. The Morgan fingerprint density at radius 1 is 1.04 bits per heavy atom. The van der Waals surface area contributed by atoms with Gasteiger partial charge in [0.2, 0.25) is 0 Å². The number of aryl methyl sites for hydroxylation is 2. The molecule has 0 aliphatic carbocycles. The minimum absolute atomic E-state index is 0.0787. The number of nitrogens with zero attached hydrogens (tertiary/aromatic N) is 3. The van der Waals surface area contributed by atoms with Crippen molar-refractivity contribution in [1.29, 1.82) is 0 Å². The molecule has 3 aromatic rings. The molecule has 1 atom stereocenters. The normalized spacial score (nSPS) is 17.5. The summed E-state index contributed by atoms with van der Waals surface area (Å²) in [4.78, 5) is 10.6. The van der Waals surface area contributed by atoms with Crippen LogP contribution in [0.1, 0.15) is 17.5 Å². The van der Waals surface area contributed by atoms with Crippen LogP contribution in [0.25, 0.3) is 22.2 Å². The Kier molecular flexibility index (Phi) is 4.40. The molecule has 0 saturated carbocycles. The van der Waals surface area contributed by atoms with Crippen molar-refractivity contribution in [2.24, 2.45) is 5.92 Å². The van der Waals surface area contributed by atoms with Crippen molar-refractivity contribution in [3.63, 3.8) is 0 Å². The average Bonchev–Trinajstić information content (AvgIpc) is 3.15. The zero-order chi connectivity index (χ0) is 20.1. The maximum atomic E-state index is 13.0. The maximum Gasteiger partial charge on any atom is 0.393 e. The van der Waals surface area contributed by atoms with Gasteiger partial charge in [0.05, 0.1) is 23.1 Å². The monoisotopic (exact) mass is 387 g/mol. The molecule has 1 aliphatic rings. The van der Waals surface area contributed by atoms with Gasteiger partial charge >= 0.3 is 6.18 Å². The summed E-state index contributed by atoms with van der Waals surface area (Å²) in [6.07, 6.45) is -2.56. The van der Waals surface area contributed by atoms with E-state index in [1.165, 1.54) is 6.20 Å². The number of phenols is 1. The molecule has 7 heteroatoms. The van der Waals surface area contributed by atoms with Crippen molar-refractivity contribution in [1.82, 2.24) is 9.97 Å². The molecule has 146 valence electrons. The van der Waals surface area contributed by atoms with Crippen molar-refractivity contribution in [2.75, 3.05) is 18.0 Å². The van der Waals surface area contributed by atoms with Crippen LogP contribution < -0.4 is 4.90 Å². The van der Waals surface area contributed by atoms with Crippen LogP contribution in [-0.4, -0.2) is 34.3 Å². The highest BCUT2D eigenvalue weighted by Crippen LogP contribution is 2.35. The highest BCUT2D eigenvalue weighted by atomic mass is 19.4. The van der Waals surface area contributed by atoms with Crippen LogP contribution in [0.3, 0.4) is 0 Å². The lowest BCUT2D eigenvalue weighted by Gasteiger charge is -2.18. The van der Waals surface area contributed by atoms with Gasteiger partial charge in [-0.05, 0) is 66.8 Å². The topological polar surface area (TPSA) is 49.2 Å². The summed E-state index contributed by atoms with van der Waals surface area (Å²) in [5, 5.41) is 9.98. The van der Waals surface area contributed by atoms with E-state index in [1.807, 2.05) is 44.2 Å². The summed E-state index contributed by atoms with van der Waals surface area (Å²) < 4.78 is 38.9. The number of anilines is 1. The SMILES string of the molecule is Cc1cc(-c2ccc3ncc(N4CCC(C(F)(F)F)C4)nc3c2)cc(C)c1O. The van der Waals surface area contributed by atoms with E-state index in [9.17, 15) is 18.3 Å². The van der Waals surface area contributed by atoms with Gasteiger partial charge in [0, 0.05) is 13.1 Å². The van der Waals surface area contributed by atoms with E-state index in [0.717, 1.165) is 22.3 Å². The molecule has 0 bridgehead atoms. The molecule has 0 amide bonds. The highest BCUT2D eigenvalue weighted by Gasteiger charge is 2.43. The second-order valence-electron chi connectivity index (χ2n) is 7.36. The van der Waals surface area contributed by atoms with Crippen molar-refractivity contribution < 1.29 is 18.3 Å². The Morgan fingerprint density at radius 3 is 2.39 bits per heavy atom. The molecule has 28 heavy (non-hydrogen) atoms. The molecule has 2 aromatic carbocycles. The Labute approximate surface area is 160 Å². The van der Waals surface area contributed by atoms with Crippen LogP contribution in [0.15, 0.2) is 36.5 Å². The summed E-state index contributed by atoms with van der Waals surface area (Å²) in [5.41, 5.74) is 4.75. The molecule has 2 heterocycles. The lowest BCUT2D eigenvalue weighted by molar-refractivity contribution is -0.168. The molecular formula is C21H20F3N3O. The molecule has 1 N–H and O–H groups in total. The average molecular weight is 387 g/mol. The zero-order valence-electron chi connectivity index (χ0n) is 15.6. The van der Waals surface area contributed by atoms with Gasteiger partial charge in [-0.1, -0.05) is 6.07 Å². The third kappa shape index (κ3) is 3.37. The number of alkyl halides is 3. The zero-order valence-corrected chi connectivity index (χ0v) is 15.6. The second kappa shape index (κ2) is 6.65. The highest BCUT2D eigenvalue weighted by molar-refractivity contribution is 5.82. The van der Waals surface area contributed by atoms with Gasteiger partial charge in [-0.15, -0.1) is 0 Å². The van der Waals surface area contributed by atoms with Crippen molar-refractivity contribution in [3.05, 3.63) is 47.7 Å². The number of hydrogen-bond acceptors (Lipinski definition) is 4. The minimum Gasteiger partial charge on any atom is -0.507 e. The first-order chi connectivity index (χ1) is 13.2. The largest absolute Gasteiger partial charge is 0.507 e. The third-order valence-electron chi connectivity index (χ3n) is 5.33. The third-order valence-corrected chi connectivity index (χ3v) is 5.33. The predicted molar refractivity (Wildman–Crippen MR) is 102 cm³/mol. The number of fused-ring (bicyclic) bond motifs is 1. The summed E-state index contributed by atoms with van der Waals surface area (Å²) in [5.74, 6) is -0.575. The van der Waals surface area contributed by atoms with Crippen LogP contribution in [0, 0.1) is 19.8 Å². The lowest BCUT2D eigenvalue weighted by atomic mass is 9.99. The predicted octanol–water partition coefficient (Wildman–Crippen LogP) is 5.01. The number of aromatic nitrogens is 2. The van der Waals surface area contributed by atoms with Gasteiger partial charge in [0.15, 0.2) is 0 Å². The van der Waals surface area contributed by atoms with Crippen molar-refractivity contribution in [3.8, 4) is 16.9 Å². The number of rotatable bonds is 2. The molecule has 4 nitrogen and oxygen atoms in total. The fourth-order valence-corrected chi connectivity index (χ4v) is 3.69. The van der Waals surface area contributed by atoms with Gasteiger partial charge in [0.25, 0.3) is 0 Å². The fraction of sp³-hybridized carbons (Fsp3) is 0.333. The van der Waals surface area contributed by atoms with E-state index in [4.69, 9.17) is 0 Å².